The molecule has 0 radical (unpaired) electrons. The van der Waals surface area contributed by atoms with Crippen molar-refractivity contribution in [3.63, 3.8) is 0 Å². The molecule has 1 saturated carbocycles. The summed E-state index contributed by atoms with van der Waals surface area (Å²) in [6.45, 7) is 0. The maximum Gasteiger partial charge on any atom is 0.263 e. The van der Waals surface area contributed by atoms with E-state index in [1.54, 1.807) is 12.1 Å². The van der Waals surface area contributed by atoms with Gasteiger partial charge in [0.05, 0.1) is 5.56 Å². The van der Waals surface area contributed by atoms with Gasteiger partial charge in [0.2, 0.25) is 0 Å². The van der Waals surface area contributed by atoms with Crippen LogP contribution >= 0.6 is 0 Å². The van der Waals surface area contributed by atoms with E-state index in [1.165, 1.54) is 18.9 Å². The molecule has 1 aromatic heterocycles. The molecule has 4 nitrogen and oxygen atoms in total. The Morgan fingerprint density at radius 3 is 2.78 bits per heavy atom. The van der Waals surface area contributed by atoms with Gasteiger partial charge in [-0.2, -0.15) is 4.98 Å². The van der Waals surface area contributed by atoms with Crippen LogP contribution in [0.4, 0.5) is 10.1 Å². The Bertz CT molecular complexity index is 541. The largest absolute Gasteiger partial charge is 0.398 e. The van der Waals surface area contributed by atoms with E-state index in [9.17, 15) is 4.39 Å². The summed E-state index contributed by atoms with van der Waals surface area (Å²) in [7, 11) is 0. The molecule has 0 saturated heterocycles. The van der Waals surface area contributed by atoms with Gasteiger partial charge in [-0.3, -0.25) is 0 Å². The van der Waals surface area contributed by atoms with Crippen LogP contribution < -0.4 is 5.73 Å². The number of hydrogen-bond donors (Lipinski definition) is 1. The van der Waals surface area contributed by atoms with Crippen LogP contribution in [0.3, 0.4) is 0 Å². The number of nitrogen functional groups attached to an aromatic ring is 1. The van der Waals surface area contributed by atoms with Crippen molar-refractivity contribution < 1.29 is 8.91 Å². The zero-order chi connectivity index (χ0) is 12.5. The smallest absolute Gasteiger partial charge is 0.263 e. The van der Waals surface area contributed by atoms with Gasteiger partial charge < -0.3 is 10.3 Å². The van der Waals surface area contributed by atoms with Crippen LogP contribution in [0, 0.1) is 5.82 Å². The number of halogens is 1. The third kappa shape index (κ3) is 1.85. The molecule has 0 spiro atoms. The van der Waals surface area contributed by atoms with E-state index < -0.39 is 5.82 Å². The van der Waals surface area contributed by atoms with Gasteiger partial charge in [0.25, 0.3) is 5.89 Å². The molecule has 1 aliphatic rings. The molecule has 0 atom stereocenters. The van der Waals surface area contributed by atoms with Gasteiger partial charge in [-0.15, -0.1) is 0 Å². The highest BCUT2D eigenvalue weighted by atomic mass is 19.1. The van der Waals surface area contributed by atoms with E-state index in [1.807, 2.05) is 0 Å². The molecule has 2 aromatic rings. The van der Waals surface area contributed by atoms with Gasteiger partial charge >= 0.3 is 0 Å². The summed E-state index contributed by atoms with van der Waals surface area (Å²) < 4.78 is 18.9. The van der Waals surface area contributed by atoms with Crippen LogP contribution in [0.2, 0.25) is 0 Å². The highest BCUT2D eigenvalue weighted by molar-refractivity contribution is 5.70. The van der Waals surface area contributed by atoms with Crippen LogP contribution in [0.25, 0.3) is 11.5 Å². The van der Waals surface area contributed by atoms with E-state index in [0.29, 0.717) is 17.4 Å². The first kappa shape index (κ1) is 11.2. The topological polar surface area (TPSA) is 64.9 Å². The minimum atomic E-state index is -0.434. The number of anilines is 1. The molecule has 0 bridgehead atoms. The zero-order valence-electron chi connectivity index (χ0n) is 9.90. The molecule has 18 heavy (non-hydrogen) atoms. The van der Waals surface area contributed by atoms with Gasteiger partial charge in [0.1, 0.15) is 5.82 Å². The summed E-state index contributed by atoms with van der Waals surface area (Å²) in [6, 6.07) is 4.52. The summed E-state index contributed by atoms with van der Waals surface area (Å²) in [5.41, 5.74) is 6.27. The fourth-order valence-electron chi connectivity index (χ4n) is 2.45. The Balaban J connectivity index is 1.97. The van der Waals surface area contributed by atoms with E-state index in [0.717, 1.165) is 12.8 Å². The Hall–Kier alpha value is -1.91. The number of nitrogens with zero attached hydrogens (tertiary/aromatic N) is 2. The maximum absolute atomic E-state index is 13.7. The van der Waals surface area contributed by atoms with E-state index in [2.05, 4.69) is 10.1 Å². The van der Waals surface area contributed by atoms with Crippen molar-refractivity contribution in [3.8, 4) is 11.5 Å². The monoisotopic (exact) mass is 247 g/mol. The van der Waals surface area contributed by atoms with Crippen molar-refractivity contribution in [2.24, 2.45) is 0 Å². The number of nitrogens with two attached hydrogens (primary N) is 1. The Labute approximate surface area is 104 Å². The van der Waals surface area contributed by atoms with Crippen molar-refractivity contribution in [1.82, 2.24) is 10.1 Å². The third-order valence-corrected chi connectivity index (χ3v) is 3.42. The molecule has 0 aliphatic heterocycles. The highest BCUT2D eigenvalue weighted by Crippen LogP contribution is 2.34. The second kappa shape index (κ2) is 4.40. The zero-order valence-corrected chi connectivity index (χ0v) is 9.90. The molecular formula is C13H14FN3O. The summed E-state index contributed by atoms with van der Waals surface area (Å²) in [5.74, 6) is 0.754. The molecule has 3 rings (SSSR count). The lowest BCUT2D eigenvalue weighted by Crippen LogP contribution is -1.96. The normalized spacial score (nSPS) is 16.3. The van der Waals surface area contributed by atoms with Crippen molar-refractivity contribution >= 4 is 5.69 Å². The van der Waals surface area contributed by atoms with Crippen molar-refractivity contribution in [3.05, 3.63) is 29.8 Å². The predicted octanol–water partition coefficient (Wildman–Crippen LogP) is 3.12. The van der Waals surface area contributed by atoms with Crippen LogP contribution in [-0.4, -0.2) is 10.1 Å². The summed E-state index contributed by atoms with van der Waals surface area (Å²) in [6.07, 6.45) is 4.53. The lowest BCUT2D eigenvalue weighted by Gasteiger charge is -2.01. The SMILES string of the molecule is Nc1cccc(F)c1-c1nc(C2CCCC2)no1. The average molecular weight is 247 g/mol. The molecule has 2 N–H and O–H groups in total. The van der Waals surface area contributed by atoms with E-state index in [-0.39, 0.29) is 11.5 Å². The van der Waals surface area contributed by atoms with Crippen LogP contribution in [0.1, 0.15) is 37.4 Å². The van der Waals surface area contributed by atoms with Gasteiger partial charge in [0, 0.05) is 11.6 Å². The third-order valence-electron chi connectivity index (χ3n) is 3.42. The minimum Gasteiger partial charge on any atom is -0.398 e. The summed E-state index contributed by atoms with van der Waals surface area (Å²) in [4.78, 5) is 4.29. The molecular weight excluding hydrogens is 233 g/mol. The molecule has 1 fully saturated rings. The predicted molar refractivity (Wildman–Crippen MR) is 65.3 cm³/mol. The van der Waals surface area contributed by atoms with Crippen molar-refractivity contribution in [1.29, 1.82) is 0 Å². The molecule has 1 heterocycles. The van der Waals surface area contributed by atoms with Crippen molar-refractivity contribution in [2.45, 2.75) is 31.6 Å². The maximum atomic E-state index is 13.7. The standard InChI is InChI=1S/C13H14FN3O/c14-9-6-3-7-10(15)11(9)13-16-12(17-18-13)8-4-1-2-5-8/h3,6-8H,1-2,4-5,15H2. The first-order valence-corrected chi connectivity index (χ1v) is 6.13. The van der Waals surface area contributed by atoms with E-state index in [4.69, 9.17) is 10.3 Å². The van der Waals surface area contributed by atoms with Gasteiger partial charge in [-0.05, 0) is 25.0 Å². The quantitative estimate of drug-likeness (QED) is 0.828. The Morgan fingerprint density at radius 1 is 1.28 bits per heavy atom. The molecule has 1 aliphatic carbocycles. The average Bonchev–Trinajstić information content (AvgIpc) is 2.99. The van der Waals surface area contributed by atoms with Crippen LogP contribution in [-0.2, 0) is 0 Å². The molecule has 0 unspecified atom stereocenters. The fourth-order valence-corrected chi connectivity index (χ4v) is 2.45. The van der Waals surface area contributed by atoms with Gasteiger partial charge in [0.15, 0.2) is 5.82 Å². The molecule has 1 aromatic carbocycles. The van der Waals surface area contributed by atoms with Gasteiger partial charge in [-0.25, -0.2) is 4.39 Å². The first-order valence-electron chi connectivity index (χ1n) is 6.13. The Kier molecular flexibility index (Phi) is 2.74. The molecule has 0 amide bonds. The second-order valence-corrected chi connectivity index (χ2v) is 4.64. The summed E-state index contributed by atoms with van der Waals surface area (Å²) in [5, 5.41) is 3.95. The lowest BCUT2D eigenvalue weighted by atomic mass is 10.1. The van der Waals surface area contributed by atoms with Gasteiger partial charge in [-0.1, -0.05) is 24.1 Å². The second-order valence-electron chi connectivity index (χ2n) is 4.64. The lowest BCUT2D eigenvalue weighted by molar-refractivity contribution is 0.414. The first-order chi connectivity index (χ1) is 8.75. The number of hydrogen-bond acceptors (Lipinski definition) is 4. The van der Waals surface area contributed by atoms with Crippen LogP contribution in [0.15, 0.2) is 22.7 Å². The highest BCUT2D eigenvalue weighted by Gasteiger charge is 2.24. The van der Waals surface area contributed by atoms with E-state index >= 15 is 0 Å². The number of benzene rings is 1. The van der Waals surface area contributed by atoms with Crippen LogP contribution in [0.5, 0.6) is 0 Å². The fraction of sp³-hybridized carbons (Fsp3) is 0.385. The Morgan fingerprint density at radius 2 is 2.06 bits per heavy atom. The minimum absolute atomic E-state index is 0.174. The summed E-state index contributed by atoms with van der Waals surface area (Å²) >= 11 is 0. The molecule has 5 heteroatoms. The number of aromatic nitrogens is 2. The number of rotatable bonds is 2. The van der Waals surface area contributed by atoms with Crippen molar-refractivity contribution in [2.75, 3.05) is 5.73 Å². The molecule has 94 valence electrons.